The highest BCUT2D eigenvalue weighted by Crippen LogP contribution is 2.33. The van der Waals surface area contributed by atoms with Gasteiger partial charge in [0.2, 0.25) is 5.91 Å². The second-order valence-electron chi connectivity index (χ2n) is 8.08. The van der Waals surface area contributed by atoms with E-state index in [1.807, 2.05) is 20.8 Å². The third-order valence-corrected chi connectivity index (χ3v) is 5.54. The van der Waals surface area contributed by atoms with Gasteiger partial charge in [-0.1, -0.05) is 39.0 Å². The van der Waals surface area contributed by atoms with Crippen molar-refractivity contribution < 1.29 is 22.8 Å². The third kappa shape index (κ3) is 4.77. The minimum atomic E-state index is -4.48. The number of benzene rings is 1. The van der Waals surface area contributed by atoms with Crippen LogP contribution in [0.3, 0.4) is 0 Å². The molecule has 2 amide bonds. The molecule has 5 nitrogen and oxygen atoms in total. The molecule has 1 atom stereocenters. The Hall–Kier alpha value is -2.42. The second-order valence-corrected chi connectivity index (χ2v) is 8.94. The van der Waals surface area contributed by atoms with E-state index in [1.54, 1.807) is 5.51 Å². The summed E-state index contributed by atoms with van der Waals surface area (Å²) in [6.07, 6.45) is -4.42. The van der Waals surface area contributed by atoms with Gasteiger partial charge in [-0.05, 0) is 11.6 Å². The predicted octanol–water partition coefficient (Wildman–Crippen LogP) is 3.99. The molecule has 1 aliphatic heterocycles. The number of halogens is 3. The second kappa shape index (κ2) is 7.78. The van der Waals surface area contributed by atoms with Crippen molar-refractivity contribution in [1.29, 1.82) is 0 Å². The van der Waals surface area contributed by atoms with Gasteiger partial charge in [-0.15, -0.1) is 11.3 Å². The zero-order valence-electron chi connectivity index (χ0n) is 16.3. The lowest BCUT2D eigenvalue weighted by molar-refractivity contribution is -0.139. The number of hydrogen-bond acceptors (Lipinski definition) is 4. The monoisotopic (exact) mass is 425 g/mol. The van der Waals surface area contributed by atoms with Crippen molar-refractivity contribution in [3.8, 4) is 0 Å². The van der Waals surface area contributed by atoms with Gasteiger partial charge in [0.05, 0.1) is 22.8 Å². The summed E-state index contributed by atoms with van der Waals surface area (Å²) >= 11 is 1.23. The first kappa shape index (κ1) is 21.3. The molecule has 29 heavy (non-hydrogen) atoms. The molecule has 1 aromatic carbocycles. The fourth-order valence-electron chi connectivity index (χ4n) is 3.35. The molecule has 2 heterocycles. The van der Waals surface area contributed by atoms with E-state index in [4.69, 9.17) is 0 Å². The molecule has 1 unspecified atom stereocenters. The fraction of sp³-hybridized carbons (Fsp3) is 0.450. The molecule has 2 aromatic rings. The number of carbonyl (C=O) groups is 2. The van der Waals surface area contributed by atoms with E-state index < -0.39 is 17.8 Å². The molecule has 1 saturated heterocycles. The molecule has 156 valence electrons. The smallest absolute Gasteiger partial charge is 0.346 e. The number of nitrogens with zero attached hydrogens (tertiary/aromatic N) is 2. The Morgan fingerprint density at radius 2 is 1.97 bits per heavy atom. The molecule has 3 rings (SSSR count). The van der Waals surface area contributed by atoms with Crippen LogP contribution in [0.2, 0.25) is 0 Å². The van der Waals surface area contributed by atoms with Crippen molar-refractivity contribution in [2.24, 2.45) is 0 Å². The lowest BCUT2D eigenvalue weighted by atomic mass is 9.91. The van der Waals surface area contributed by atoms with Crippen LogP contribution in [0, 0.1) is 0 Å². The van der Waals surface area contributed by atoms with Crippen LogP contribution in [-0.2, 0) is 22.9 Å². The molecule has 1 aliphatic rings. The number of nitrogens with one attached hydrogen (secondary N) is 1. The molecule has 1 aromatic heterocycles. The van der Waals surface area contributed by atoms with Crippen LogP contribution in [0.5, 0.6) is 0 Å². The van der Waals surface area contributed by atoms with Gasteiger partial charge in [0.15, 0.2) is 0 Å². The van der Waals surface area contributed by atoms with Crippen LogP contribution in [0.4, 0.5) is 13.2 Å². The quantitative estimate of drug-likeness (QED) is 0.806. The zero-order valence-corrected chi connectivity index (χ0v) is 17.2. The van der Waals surface area contributed by atoms with Crippen LogP contribution < -0.4 is 5.32 Å². The topological polar surface area (TPSA) is 62.3 Å². The molecule has 9 heteroatoms. The van der Waals surface area contributed by atoms with Crippen molar-refractivity contribution in [2.45, 2.75) is 51.4 Å². The number of carbonyl (C=O) groups excluding carboxylic acids is 2. The van der Waals surface area contributed by atoms with E-state index in [9.17, 15) is 22.8 Å². The first-order valence-corrected chi connectivity index (χ1v) is 10.0. The summed E-state index contributed by atoms with van der Waals surface area (Å²) in [5.41, 5.74) is 1.28. The number of hydrogen-bond donors (Lipinski definition) is 1. The highest BCUT2D eigenvalue weighted by molar-refractivity contribution is 7.11. The molecule has 0 saturated carbocycles. The van der Waals surface area contributed by atoms with Gasteiger partial charge in [-0.2, -0.15) is 13.2 Å². The normalized spacial score (nSPS) is 17.7. The first-order chi connectivity index (χ1) is 13.5. The Balaban J connectivity index is 1.69. The van der Waals surface area contributed by atoms with Crippen molar-refractivity contribution in [3.63, 3.8) is 0 Å². The largest absolute Gasteiger partial charge is 0.416 e. The van der Waals surface area contributed by atoms with Gasteiger partial charge < -0.3 is 10.2 Å². The van der Waals surface area contributed by atoms with Gasteiger partial charge in [-0.25, -0.2) is 4.98 Å². The Morgan fingerprint density at radius 1 is 1.28 bits per heavy atom. The number of alkyl halides is 3. The van der Waals surface area contributed by atoms with Crippen LogP contribution >= 0.6 is 11.3 Å². The highest BCUT2D eigenvalue weighted by atomic mass is 32.1. The van der Waals surface area contributed by atoms with Crippen LogP contribution in [0.15, 0.2) is 29.8 Å². The summed E-state index contributed by atoms with van der Waals surface area (Å²) in [4.78, 5) is 31.1. The van der Waals surface area contributed by atoms with E-state index in [-0.39, 0.29) is 42.3 Å². The average molecular weight is 425 g/mol. The predicted molar refractivity (Wildman–Crippen MR) is 104 cm³/mol. The lowest BCUT2D eigenvalue weighted by Crippen LogP contribution is -2.37. The summed E-state index contributed by atoms with van der Waals surface area (Å²) < 4.78 is 39.6. The van der Waals surface area contributed by atoms with E-state index in [0.29, 0.717) is 10.6 Å². The zero-order chi connectivity index (χ0) is 21.4. The SMILES string of the molecule is CC(C)(C)c1ncsc1C(=O)NC1CC(=O)N(Cc2ccccc2C(F)(F)F)C1. The molecular formula is C20H22F3N3O2S. The van der Waals surface area contributed by atoms with Crippen molar-refractivity contribution >= 4 is 23.2 Å². The molecule has 1 N–H and O–H groups in total. The Morgan fingerprint density at radius 3 is 2.62 bits per heavy atom. The van der Waals surface area contributed by atoms with Crippen molar-refractivity contribution in [2.75, 3.05) is 6.54 Å². The maximum Gasteiger partial charge on any atom is 0.416 e. The van der Waals surface area contributed by atoms with Crippen molar-refractivity contribution in [1.82, 2.24) is 15.2 Å². The molecular weight excluding hydrogens is 403 g/mol. The lowest BCUT2D eigenvalue weighted by Gasteiger charge is -2.20. The summed E-state index contributed by atoms with van der Waals surface area (Å²) in [6, 6.07) is 4.76. The average Bonchev–Trinajstić information content (AvgIpc) is 3.22. The minimum Gasteiger partial charge on any atom is -0.346 e. The highest BCUT2D eigenvalue weighted by Gasteiger charge is 2.36. The number of rotatable bonds is 4. The summed E-state index contributed by atoms with van der Waals surface area (Å²) in [6.45, 7) is 5.89. The van der Waals surface area contributed by atoms with Gasteiger partial charge in [0.25, 0.3) is 5.91 Å². The maximum atomic E-state index is 13.2. The molecule has 0 bridgehead atoms. The van der Waals surface area contributed by atoms with Crippen LogP contribution in [-0.4, -0.2) is 34.3 Å². The summed E-state index contributed by atoms with van der Waals surface area (Å²) in [5, 5.41) is 2.83. The molecule has 0 spiro atoms. The fourth-order valence-corrected chi connectivity index (χ4v) is 4.25. The first-order valence-electron chi connectivity index (χ1n) is 9.14. The number of thiazole rings is 1. The Bertz CT molecular complexity index is 918. The minimum absolute atomic E-state index is 0.0396. The number of aromatic nitrogens is 1. The molecule has 0 aliphatic carbocycles. The third-order valence-electron chi connectivity index (χ3n) is 4.72. The van der Waals surface area contributed by atoms with E-state index >= 15 is 0 Å². The Labute approximate surface area is 170 Å². The van der Waals surface area contributed by atoms with Gasteiger partial charge in [-0.3, -0.25) is 9.59 Å². The van der Waals surface area contributed by atoms with E-state index in [1.165, 1.54) is 34.4 Å². The van der Waals surface area contributed by atoms with Gasteiger partial charge in [0.1, 0.15) is 4.88 Å². The van der Waals surface area contributed by atoms with Crippen molar-refractivity contribution in [3.05, 3.63) is 51.5 Å². The van der Waals surface area contributed by atoms with Crippen LogP contribution in [0.25, 0.3) is 0 Å². The van der Waals surface area contributed by atoms with Gasteiger partial charge >= 0.3 is 6.18 Å². The standard InChI is InChI=1S/C20H22F3N3O2S/c1-19(2,3)17-16(29-11-24-17)18(28)25-13-8-15(27)26(10-13)9-12-6-4-5-7-14(12)20(21,22)23/h4-7,11,13H,8-10H2,1-3H3,(H,25,28). The summed E-state index contributed by atoms with van der Waals surface area (Å²) in [7, 11) is 0. The van der Waals surface area contributed by atoms with Gasteiger partial charge in [0, 0.05) is 24.9 Å². The number of likely N-dealkylation sites (tertiary alicyclic amines) is 1. The number of amides is 2. The summed E-state index contributed by atoms with van der Waals surface area (Å²) in [5.74, 6) is -0.597. The maximum absolute atomic E-state index is 13.2. The molecule has 0 radical (unpaired) electrons. The van der Waals surface area contributed by atoms with E-state index in [2.05, 4.69) is 10.3 Å². The van der Waals surface area contributed by atoms with Crippen LogP contribution in [0.1, 0.15) is 53.7 Å². The van der Waals surface area contributed by atoms with E-state index in [0.717, 1.165) is 6.07 Å². The Kier molecular flexibility index (Phi) is 5.71. The molecule has 1 fully saturated rings.